The normalized spacial score (nSPS) is 21.0. The highest BCUT2D eigenvalue weighted by molar-refractivity contribution is 7.87. The van der Waals surface area contributed by atoms with E-state index in [1.807, 2.05) is 0 Å². The fraction of sp³-hybridized carbons (Fsp3) is 0.400. The molecule has 0 saturated carbocycles. The summed E-state index contributed by atoms with van der Waals surface area (Å²) < 4.78 is 160. The molecule has 0 unspecified atom stereocenters. The van der Waals surface area contributed by atoms with Crippen LogP contribution in [-0.4, -0.2) is 56.2 Å². The van der Waals surface area contributed by atoms with Gasteiger partial charge in [-0.05, 0) is 38.1 Å². The molecule has 0 radical (unpaired) electrons. The van der Waals surface area contributed by atoms with Gasteiger partial charge in [0, 0.05) is 0 Å². The summed E-state index contributed by atoms with van der Waals surface area (Å²) in [7, 11) is -10.1. The van der Waals surface area contributed by atoms with Gasteiger partial charge in [-0.15, -0.1) is 0 Å². The summed E-state index contributed by atoms with van der Waals surface area (Å²) in [6, 6.07) is 9.35. The van der Waals surface area contributed by atoms with Crippen molar-refractivity contribution in [3.05, 3.63) is 59.7 Å². The van der Waals surface area contributed by atoms with E-state index in [9.17, 15) is 16.8 Å². The van der Waals surface area contributed by atoms with E-state index in [4.69, 9.17) is 16.4 Å². The first-order valence-corrected chi connectivity index (χ1v) is 10.8. The number of hydrogen-bond acceptors (Lipinski definition) is 8. The second-order valence-electron chi connectivity index (χ2n) is 5.52. The van der Waals surface area contributed by atoms with Crippen molar-refractivity contribution >= 4 is 20.2 Å². The lowest BCUT2D eigenvalue weighted by molar-refractivity contribution is 0.0285. The lowest BCUT2D eigenvalue weighted by Crippen LogP contribution is -2.15. The molecule has 30 heavy (non-hydrogen) atoms. The van der Waals surface area contributed by atoms with Gasteiger partial charge in [0.25, 0.3) is 20.2 Å². The molecule has 0 spiro atoms. The second-order valence-corrected chi connectivity index (χ2v) is 8.61. The maximum atomic E-state index is 12.5. The highest BCUT2D eigenvalue weighted by Gasteiger charge is 2.15. The number of hydrogen-bond donors (Lipinski definition) is 0. The van der Waals surface area contributed by atoms with E-state index in [0.717, 1.165) is 24.3 Å². The van der Waals surface area contributed by atoms with Gasteiger partial charge in [0.1, 0.15) is 0 Å². The number of aryl methyl sites for hydroxylation is 2. The van der Waals surface area contributed by atoms with Crippen LogP contribution in [0.4, 0.5) is 0 Å². The molecule has 0 heterocycles. The van der Waals surface area contributed by atoms with Crippen LogP contribution in [0.15, 0.2) is 58.3 Å². The Labute approximate surface area is 194 Å². The Morgan fingerprint density at radius 2 is 0.900 bits per heavy atom. The van der Waals surface area contributed by atoms with Crippen molar-refractivity contribution in [3.8, 4) is 0 Å². The zero-order chi connectivity index (χ0) is 32.8. The summed E-state index contributed by atoms with van der Waals surface area (Å²) in [4.78, 5) is -1.21. The average molecular weight is 471 g/mol. The monoisotopic (exact) mass is 470 g/mol. The first-order chi connectivity index (χ1) is 18.6. The Morgan fingerprint density at radius 3 is 1.23 bits per heavy atom. The van der Waals surface area contributed by atoms with Crippen molar-refractivity contribution in [2.75, 3.05) is 39.4 Å². The van der Waals surface area contributed by atoms with Gasteiger partial charge in [-0.1, -0.05) is 35.4 Å². The summed E-state index contributed by atoms with van der Waals surface area (Å²) in [5, 5.41) is 0. The van der Waals surface area contributed by atoms with E-state index >= 15 is 0 Å². The Bertz CT molecular complexity index is 1360. The molecular weight excluding hydrogens is 432 g/mol. The van der Waals surface area contributed by atoms with Crippen molar-refractivity contribution in [1.29, 1.82) is 0 Å². The van der Waals surface area contributed by atoms with Crippen molar-refractivity contribution < 1.29 is 51.1 Å². The highest BCUT2D eigenvalue weighted by atomic mass is 32.2. The zero-order valence-electron chi connectivity index (χ0n) is 27.7. The van der Waals surface area contributed by atoms with Gasteiger partial charge in [0.05, 0.1) is 65.6 Å². The third-order valence-electron chi connectivity index (χ3n) is 3.25. The van der Waals surface area contributed by atoms with Crippen LogP contribution in [-0.2, 0) is 38.1 Å². The lowest BCUT2D eigenvalue weighted by Gasteiger charge is -2.08. The van der Waals surface area contributed by atoms with Crippen molar-refractivity contribution in [1.82, 2.24) is 0 Å². The van der Waals surface area contributed by atoms with E-state index in [1.165, 1.54) is 24.3 Å². The molecule has 0 N–H and O–H groups in total. The van der Waals surface area contributed by atoms with Crippen LogP contribution in [0, 0.1) is 13.8 Å². The van der Waals surface area contributed by atoms with Crippen LogP contribution in [0.2, 0.25) is 0 Å². The number of ether oxygens (including phenoxy) is 2. The molecule has 10 heteroatoms. The minimum absolute atomic E-state index is 0.606. The predicted molar refractivity (Wildman–Crippen MR) is 110 cm³/mol. The molecule has 0 aliphatic heterocycles. The van der Waals surface area contributed by atoms with Gasteiger partial charge < -0.3 is 9.47 Å². The largest absolute Gasteiger partial charge is 0.377 e. The number of benzene rings is 2. The van der Waals surface area contributed by atoms with Gasteiger partial charge in [-0.2, -0.15) is 16.8 Å². The Kier molecular flexibility index (Phi) is 4.72. The van der Waals surface area contributed by atoms with E-state index in [-0.39, 0.29) is 0 Å². The van der Waals surface area contributed by atoms with Gasteiger partial charge in [-0.3, -0.25) is 8.37 Å². The van der Waals surface area contributed by atoms with Crippen LogP contribution < -0.4 is 0 Å². The van der Waals surface area contributed by atoms with Crippen molar-refractivity contribution in [3.63, 3.8) is 0 Å². The molecule has 166 valence electrons. The molecule has 0 bridgehead atoms. The number of rotatable bonds is 13. The summed E-state index contributed by atoms with van der Waals surface area (Å²) >= 11 is 0. The third-order valence-corrected chi connectivity index (χ3v) is 5.56. The first-order valence-electron chi connectivity index (χ1n) is 14.0. The SMILES string of the molecule is [2H]C([2H])(OC([2H])([2H])C([2H])([2H])OS(=O)(=O)c1ccc(C)cc1)C([2H])([2H])OC([2H])([2H])C([2H])([2H])OS(=O)(=O)c1ccc(C)cc1. The quantitative estimate of drug-likeness (QED) is 0.411. The molecule has 0 aromatic heterocycles. The molecule has 0 atom stereocenters. The molecule has 2 aromatic rings. The van der Waals surface area contributed by atoms with E-state index in [0.29, 0.717) is 11.1 Å². The maximum Gasteiger partial charge on any atom is 0.297 e. The Morgan fingerprint density at radius 1 is 0.600 bits per heavy atom. The fourth-order valence-electron chi connectivity index (χ4n) is 1.78. The van der Waals surface area contributed by atoms with Crippen LogP contribution in [0.3, 0.4) is 0 Å². The summed E-state index contributed by atoms with van der Waals surface area (Å²) in [5.41, 5.74) is 1.24. The van der Waals surface area contributed by atoms with Crippen LogP contribution >= 0.6 is 0 Å². The lowest BCUT2D eigenvalue weighted by atomic mass is 10.2. The highest BCUT2D eigenvalue weighted by Crippen LogP contribution is 2.14. The van der Waals surface area contributed by atoms with Crippen LogP contribution in [0.5, 0.6) is 0 Å². The summed E-state index contributed by atoms with van der Waals surface area (Å²) in [6.45, 7) is -21.5. The zero-order valence-corrected chi connectivity index (χ0v) is 17.3. The molecular formula is C20H26O8S2. The Balaban J connectivity index is 2.29. The first kappa shape index (κ1) is 12.3. The molecule has 0 aliphatic carbocycles. The van der Waals surface area contributed by atoms with Gasteiger partial charge in [0.15, 0.2) is 0 Å². The summed E-state index contributed by atoms with van der Waals surface area (Å²) in [5.74, 6) is 0. The van der Waals surface area contributed by atoms with E-state index in [1.54, 1.807) is 13.8 Å². The van der Waals surface area contributed by atoms with Gasteiger partial charge in [0.2, 0.25) is 0 Å². The topological polar surface area (TPSA) is 105 Å². The molecule has 2 rings (SSSR count). The molecule has 0 amide bonds. The molecule has 0 aliphatic rings. The van der Waals surface area contributed by atoms with Crippen LogP contribution in [0.1, 0.15) is 27.6 Å². The molecule has 0 fully saturated rings. The average Bonchev–Trinajstić information content (AvgIpc) is 2.76. The van der Waals surface area contributed by atoms with E-state index in [2.05, 4.69) is 17.8 Å². The predicted octanol–water partition coefficient (Wildman–Crippen LogP) is 2.45. The van der Waals surface area contributed by atoms with Crippen molar-refractivity contribution in [2.45, 2.75) is 23.6 Å². The maximum absolute atomic E-state index is 12.5. The summed E-state index contributed by atoms with van der Waals surface area (Å²) in [6.07, 6.45) is 0. The van der Waals surface area contributed by atoms with E-state index < -0.39 is 69.4 Å². The minimum Gasteiger partial charge on any atom is -0.377 e. The van der Waals surface area contributed by atoms with Gasteiger partial charge in [-0.25, -0.2) is 0 Å². The molecule has 0 saturated heterocycles. The molecule has 2 aromatic carbocycles. The molecule has 8 nitrogen and oxygen atoms in total. The van der Waals surface area contributed by atoms with Gasteiger partial charge >= 0.3 is 0 Å². The van der Waals surface area contributed by atoms with Crippen LogP contribution in [0.25, 0.3) is 0 Å². The smallest absolute Gasteiger partial charge is 0.297 e. The fourth-order valence-corrected chi connectivity index (χ4v) is 3.20. The van der Waals surface area contributed by atoms with Crippen molar-refractivity contribution in [2.24, 2.45) is 0 Å². The second kappa shape index (κ2) is 11.5. The minimum atomic E-state index is -5.03. The Hall–Kier alpha value is -1.82. The third kappa shape index (κ3) is 8.13. The standard InChI is InChI=1S/C20H26O8S2/c1-17-3-7-19(8-4-17)29(21,22)27-15-13-25-11-12-26-14-16-28-30(23,24)20-9-5-18(2)6-10-20/h3-10H,11-16H2,1-2H3/i11D2,12D2,13D2,14D2,15D2,16D2.